The first kappa shape index (κ1) is 15.7. The van der Waals surface area contributed by atoms with Crippen LogP contribution in [0, 0.1) is 0 Å². The van der Waals surface area contributed by atoms with E-state index in [1.54, 1.807) is 0 Å². The maximum Gasteiger partial charge on any atom is 0.176 e. The smallest absolute Gasteiger partial charge is 0.176 e. The van der Waals surface area contributed by atoms with Crippen LogP contribution in [0.5, 0.6) is 5.75 Å². The molecule has 0 spiro atoms. The van der Waals surface area contributed by atoms with Crippen LogP contribution in [-0.4, -0.2) is 36.4 Å². The Balaban J connectivity index is 2.66. The van der Waals surface area contributed by atoms with Crippen LogP contribution in [0.25, 0.3) is 0 Å². The van der Waals surface area contributed by atoms with Crippen molar-refractivity contribution in [3.05, 3.63) is 29.8 Å². The third kappa shape index (κ3) is 5.03. The summed E-state index contributed by atoms with van der Waals surface area (Å²) in [5, 5.41) is 0. The Morgan fingerprint density at radius 3 is 2.32 bits per heavy atom. The van der Waals surface area contributed by atoms with Gasteiger partial charge in [0.05, 0.1) is 13.2 Å². The molecule has 3 nitrogen and oxygen atoms in total. The van der Waals surface area contributed by atoms with Crippen LogP contribution in [0.4, 0.5) is 0 Å². The molecule has 0 saturated carbocycles. The summed E-state index contributed by atoms with van der Waals surface area (Å²) in [4.78, 5) is 14.4. The number of nitrogens with zero attached hydrogens (tertiary/aromatic N) is 1. The van der Waals surface area contributed by atoms with E-state index in [1.807, 2.05) is 31.2 Å². The van der Waals surface area contributed by atoms with Gasteiger partial charge >= 0.3 is 0 Å². The lowest BCUT2D eigenvalue weighted by Crippen LogP contribution is -2.36. The largest absolute Gasteiger partial charge is 0.494 e. The zero-order chi connectivity index (χ0) is 14.3. The highest BCUT2D eigenvalue weighted by molar-refractivity contribution is 5.97. The van der Waals surface area contributed by atoms with Crippen LogP contribution in [0.2, 0.25) is 0 Å². The van der Waals surface area contributed by atoms with Crippen molar-refractivity contribution < 1.29 is 9.53 Å². The number of rotatable bonds is 8. The molecule has 3 heteroatoms. The molecule has 19 heavy (non-hydrogen) atoms. The van der Waals surface area contributed by atoms with Crippen molar-refractivity contribution in [2.75, 3.05) is 19.7 Å². The zero-order valence-electron chi connectivity index (χ0n) is 12.5. The van der Waals surface area contributed by atoms with E-state index in [0.29, 0.717) is 19.2 Å². The number of benzene rings is 1. The van der Waals surface area contributed by atoms with Crippen LogP contribution >= 0.6 is 0 Å². The van der Waals surface area contributed by atoms with Crippen molar-refractivity contribution in [2.45, 2.75) is 40.2 Å². The van der Waals surface area contributed by atoms with Gasteiger partial charge in [-0.15, -0.1) is 0 Å². The minimum atomic E-state index is 0.171. The number of hydrogen-bond donors (Lipinski definition) is 0. The Morgan fingerprint density at radius 2 is 1.84 bits per heavy atom. The Morgan fingerprint density at radius 1 is 1.21 bits per heavy atom. The van der Waals surface area contributed by atoms with Gasteiger partial charge in [-0.3, -0.25) is 9.69 Å². The van der Waals surface area contributed by atoms with Crippen molar-refractivity contribution in [1.29, 1.82) is 0 Å². The van der Waals surface area contributed by atoms with Gasteiger partial charge in [-0.05, 0) is 58.0 Å². The van der Waals surface area contributed by atoms with E-state index in [9.17, 15) is 4.79 Å². The predicted octanol–water partition coefficient (Wildman–Crippen LogP) is 3.39. The third-order valence-corrected chi connectivity index (χ3v) is 3.08. The number of ether oxygens (including phenoxy) is 1. The molecule has 1 aromatic carbocycles. The van der Waals surface area contributed by atoms with Gasteiger partial charge in [0.15, 0.2) is 5.78 Å². The molecule has 1 aromatic rings. The van der Waals surface area contributed by atoms with Gasteiger partial charge in [-0.2, -0.15) is 0 Å². The van der Waals surface area contributed by atoms with Crippen LogP contribution in [0.1, 0.15) is 44.5 Å². The van der Waals surface area contributed by atoms with E-state index in [-0.39, 0.29) is 5.78 Å². The Labute approximate surface area is 116 Å². The van der Waals surface area contributed by atoms with E-state index >= 15 is 0 Å². The lowest BCUT2D eigenvalue weighted by Gasteiger charge is -2.25. The summed E-state index contributed by atoms with van der Waals surface area (Å²) < 4.78 is 5.38. The second-order valence-corrected chi connectivity index (χ2v) is 4.94. The van der Waals surface area contributed by atoms with Crippen molar-refractivity contribution in [3.63, 3.8) is 0 Å². The minimum absolute atomic E-state index is 0.171. The normalized spacial score (nSPS) is 11.1. The van der Waals surface area contributed by atoms with E-state index < -0.39 is 0 Å². The van der Waals surface area contributed by atoms with Crippen molar-refractivity contribution >= 4 is 5.78 Å². The summed E-state index contributed by atoms with van der Waals surface area (Å²) in [6.07, 6.45) is 1.06. The molecule has 0 atom stereocenters. The Bertz CT molecular complexity index is 384. The number of carbonyl (C=O) groups excluding carboxylic acids is 1. The number of Topliss-reactive ketones (excluding diaryl/α,β-unsaturated/α-hetero) is 1. The van der Waals surface area contributed by atoms with Gasteiger partial charge in [0, 0.05) is 11.6 Å². The maximum atomic E-state index is 12.2. The molecule has 0 amide bonds. The molecule has 0 aliphatic heterocycles. The van der Waals surface area contributed by atoms with Gasteiger partial charge in [0.1, 0.15) is 5.75 Å². The molecular formula is C16H25NO2. The average molecular weight is 263 g/mol. The number of ketones is 1. The van der Waals surface area contributed by atoms with Crippen molar-refractivity contribution in [3.8, 4) is 5.75 Å². The summed E-state index contributed by atoms with van der Waals surface area (Å²) in [5.41, 5.74) is 0.755. The minimum Gasteiger partial charge on any atom is -0.494 e. The summed E-state index contributed by atoms with van der Waals surface area (Å²) in [6, 6.07) is 7.80. The molecule has 0 bridgehead atoms. The fourth-order valence-corrected chi connectivity index (χ4v) is 1.99. The molecule has 1 rings (SSSR count). The van der Waals surface area contributed by atoms with Gasteiger partial charge in [-0.25, -0.2) is 0 Å². The highest BCUT2D eigenvalue weighted by Gasteiger charge is 2.14. The molecule has 106 valence electrons. The van der Waals surface area contributed by atoms with Crippen LogP contribution in [0.15, 0.2) is 24.3 Å². The highest BCUT2D eigenvalue weighted by Crippen LogP contribution is 2.13. The van der Waals surface area contributed by atoms with Gasteiger partial charge in [0.25, 0.3) is 0 Å². The number of carbonyl (C=O) groups is 1. The van der Waals surface area contributed by atoms with Gasteiger partial charge < -0.3 is 4.74 Å². The van der Waals surface area contributed by atoms with Crippen LogP contribution in [-0.2, 0) is 0 Å². The first-order valence-corrected chi connectivity index (χ1v) is 7.08. The standard InChI is InChI=1S/C16H25NO2/c1-5-11-17(13(3)4)12-16(18)14-7-9-15(10-8-14)19-6-2/h7-10,13H,5-6,11-12H2,1-4H3. The monoisotopic (exact) mass is 263 g/mol. The van der Waals surface area contributed by atoms with E-state index in [0.717, 1.165) is 24.3 Å². The molecule has 0 fully saturated rings. The SMILES string of the molecule is CCCN(CC(=O)c1ccc(OCC)cc1)C(C)C. The molecule has 0 radical (unpaired) electrons. The van der Waals surface area contributed by atoms with E-state index in [4.69, 9.17) is 4.74 Å². The van der Waals surface area contributed by atoms with Gasteiger partial charge in [-0.1, -0.05) is 6.92 Å². The van der Waals surface area contributed by atoms with E-state index in [2.05, 4.69) is 25.7 Å². The molecule has 0 unspecified atom stereocenters. The predicted molar refractivity (Wildman–Crippen MR) is 78.9 cm³/mol. The molecule has 0 aromatic heterocycles. The lowest BCUT2D eigenvalue weighted by molar-refractivity contribution is 0.0906. The van der Waals surface area contributed by atoms with Crippen LogP contribution in [0.3, 0.4) is 0 Å². The Kier molecular flexibility index (Phi) is 6.57. The van der Waals surface area contributed by atoms with Crippen LogP contribution < -0.4 is 4.74 Å². The van der Waals surface area contributed by atoms with Gasteiger partial charge in [0.2, 0.25) is 0 Å². The molecule has 0 heterocycles. The highest BCUT2D eigenvalue weighted by atomic mass is 16.5. The maximum absolute atomic E-state index is 12.2. The molecule has 0 aliphatic carbocycles. The first-order chi connectivity index (χ1) is 9.08. The quantitative estimate of drug-likeness (QED) is 0.673. The second-order valence-electron chi connectivity index (χ2n) is 4.94. The first-order valence-electron chi connectivity index (χ1n) is 7.08. The zero-order valence-corrected chi connectivity index (χ0v) is 12.5. The fraction of sp³-hybridized carbons (Fsp3) is 0.562. The summed E-state index contributed by atoms with van der Waals surface area (Å²) in [6.45, 7) is 10.4. The third-order valence-electron chi connectivity index (χ3n) is 3.08. The summed E-state index contributed by atoms with van der Waals surface area (Å²) in [7, 11) is 0. The topological polar surface area (TPSA) is 29.5 Å². The Hall–Kier alpha value is -1.35. The van der Waals surface area contributed by atoms with E-state index in [1.165, 1.54) is 0 Å². The second kappa shape index (κ2) is 7.95. The molecule has 0 saturated heterocycles. The summed E-state index contributed by atoms with van der Waals surface area (Å²) in [5.74, 6) is 0.985. The molecule has 0 N–H and O–H groups in total. The van der Waals surface area contributed by atoms with Crippen molar-refractivity contribution in [1.82, 2.24) is 4.90 Å². The average Bonchev–Trinajstić information content (AvgIpc) is 2.39. The summed E-state index contributed by atoms with van der Waals surface area (Å²) >= 11 is 0. The molecular weight excluding hydrogens is 238 g/mol. The fourth-order valence-electron chi connectivity index (χ4n) is 1.99. The lowest BCUT2D eigenvalue weighted by atomic mass is 10.1. The number of hydrogen-bond acceptors (Lipinski definition) is 3. The van der Waals surface area contributed by atoms with Crippen molar-refractivity contribution in [2.24, 2.45) is 0 Å². The molecule has 0 aliphatic rings.